The van der Waals surface area contributed by atoms with E-state index in [4.69, 9.17) is 9.47 Å². The number of nitrogens with zero attached hydrogens (tertiary/aromatic N) is 2. The van der Waals surface area contributed by atoms with Crippen LogP contribution in [0.15, 0.2) is 70.9 Å². The summed E-state index contributed by atoms with van der Waals surface area (Å²) < 4.78 is 10.4. The van der Waals surface area contributed by atoms with Crippen molar-refractivity contribution < 1.29 is 24.0 Å². The largest absolute Gasteiger partial charge is 0.468 e. The molecule has 2 aromatic rings. The van der Waals surface area contributed by atoms with Crippen molar-refractivity contribution in [3.8, 4) is 0 Å². The smallest absolute Gasteiger partial charge is 0.336 e. The van der Waals surface area contributed by atoms with Crippen LogP contribution in [0, 0.1) is 16.0 Å². The Labute approximate surface area is 218 Å². The van der Waals surface area contributed by atoms with E-state index in [0.29, 0.717) is 22.7 Å². The molecule has 3 rings (SSSR count). The van der Waals surface area contributed by atoms with Crippen molar-refractivity contribution in [2.24, 2.45) is 10.9 Å². The van der Waals surface area contributed by atoms with Gasteiger partial charge in [0.1, 0.15) is 5.92 Å². The minimum atomic E-state index is -0.905. The van der Waals surface area contributed by atoms with Gasteiger partial charge in [-0.25, -0.2) is 4.79 Å². The third-order valence-electron chi connectivity index (χ3n) is 5.62. The first-order valence-electron chi connectivity index (χ1n) is 11.3. The number of esters is 2. The van der Waals surface area contributed by atoms with Gasteiger partial charge < -0.3 is 9.47 Å². The Bertz CT molecular complexity index is 1170. The number of nitro groups is 1. The van der Waals surface area contributed by atoms with E-state index in [1.165, 1.54) is 24.8 Å². The maximum absolute atomic E-state index is 13.2. The van der Waals surface area contributed by atoms with Gasteiger partial charge in [-0.2, -0.15) is 0 Å². The van der Waals surface area contributed by atoms with Gasteiger partial charge in [0.15, 0.2) is 0 Å². The number of carbonyl (C=O) groups is 2. The fraction of sp³-hybridized carbons (Fsp3) is 0.346. The standard InChI is InChI=1S/C26H28N2O6S2/c1-4-34-26(30)24-21(15-36-16-35-14-18-9-6-5-7-10-18)27-17(2)22(25(29)33-3)23(24)19-11-8-12-20(13-19)28(31)32/h5-13,22-23H,4,14-16H2,1-3H3. The molecule has 0 spiro atoms. The van der Waals surface area contributed by atoms with Gasteiger partial charge in [0, 0.05) is 40.4 Å². The second kappa shape index (κ2) is 13.3. The third kappa shape index (κ3) is 6.76. The van der Waals surface area contributed by atoms with E-state index in [9.17, 15) is 19.7 Å². The number of aliphatic imine (C=N–C) groups is 1. The van der Waals surface area contributed by atoms with Gasteiger partial charge in [-0.3, -0.25) is 19.9 Å². The number of ether oxygens (including phenoxy) is 2. The molecular weight excluding hydrogens is 500 g/mol. The van der Waals surface area contributed by atoms with Crippen LogP contribution in [0.2, 0.25) is 0 Å². The highest BCUT2D eigenvalue weighted by atomic mass is 32.2. The molecule has 1 heterocycles. The molecule has 8 nitrogen and oxygen atoms in total. The molecule has 0 saturated heterocycles. The van der Waals surface area contributed by atoms with Gasteiger partial charge in [0.05, 0.1) is 29.9 Å². The van der Waals surface area contributed by atoms with Crippen LogP contribution in [-0.4, -0.2) is 47.1 Å². The van der Waals surface area contributed by atoms with Gasteiger partial charge in [0.25, 0.3) is 5.69 Å². The molecular formula is C26H28N2O6S2. The van der Waals surface area contributed by atoms with Crippen LogP contribution < -0.4 is 0 Å². The van der Waals surface area contributed by atoms with Crippen LogP contribution in [-0.2, 0) is 24.8 Å². The molecule has 0 aliphatic carbocycles. The molecule has 190 valence electrons. The molecule has 0 amide bonds. The second-order valence-corrected chi connectivity index (χ2v) is 10.3. The summed E-state index contributed by atoms with van der Waals surface area (Å²) in [6.07, 6.45) is 0. The lowest BCUT2D eigenvalue weighted by Crippen LogP contribution is -2.36. The van der Waals surface area contributed by atoms with Crippen LogP contribution >= 0.6 is 23.5 Å². The summed E-state index contributed by atoms with van der Waals surface area (Å²) in [7, 11) is 1.27. The van der Waals surface area contributed by atoms with Gasteiger partial charge >= 0.3 is 11.9 Å². The lowest BCUT2D eigenvalue weighted by Gasteiger charge is -2.31. The van der Waals surface area contributed by atoms with Crippen molar-refractivity contribution >= 4 is 46.9 Å². The number of carbonyl (C=O) groups excluding carboxylic acids is 2. The van der Waals surface area contributed by atoms with E-state index in [1.54, 1.807) is 49.5 Å². The van der Waals surface area contributed by atoms with E-state index in [-0.39, 0.29) is 17.9 Å². The molecule has 0 N–H and O–H groups in total. The topological polar surface area (TPSA) is 108 Å². The van der Waals surface area contributed by atoms with Crippen LogP contribution in [0.3, 0.4) is 0 Å². The molecule has 2 aromatic carbocycles. The lowest BCUT2D eigenvalue weighted by molar-refractivity contribution is -0.384. The molecule has 0 radical (unpaired) electrons. The quantitative estimate of drug-likeness (QED) is 0.126. The van der Waals surface area contributed by atoms with E-state index in [1.807, 2.05) is 18.2 Å². The zero-order valence-electron chi connectivity index (χ0n) is 20.3. The summed E-state index contributed by atoms with van der Waals surface area (Å²) in [6.45, 7) is 3.55. The molecule has 2 atom stereocenters. The molecule has 2 unspecified atom stereocenters. The summed E-state index contributed by atoms with van der Waals surface area (Å²) in [5.41, 5.74) is 2.78. The number of rotatable bonds is 11. The van der Waals surface area contributed by atoms with Gasteiger partial charge in [0.2, 0.25) is 0 Å². The highest BCUT2D eigenvalue weighted by Crippen LogP contribution is 2.42. The molecule has 10 heteroatoms. The van der Waals surface area contributed by atoms with E-state index < -0.39 is 28.7 Å². The Hall–Kier alpha value is -3.11. The summed E-state index contributed by atoms with van der Waals surface area (Å²) in [4.78, 5) is 41.6. The maximum Gasteiger partial charge on any atom is 0.336 e. The Balaban J connectivity index is 1.95. The number of methoxy groups -OCH3 is 1. The number of benzene rings is 2. The van der Waals surface area contributed by atoms with Crippen LogP contribution in [0.5, 0.6) is 0 Å². The average Bonchev–Trinajstić information content (AvgIpc) is 2.88. The van der Waals surface area contributed by atoms with Gasteiger partial charge in [-0.05, 0) is 25.0 Å². The van der Waals surface area contributed by atoms with Crippen molar-refractivity contribution in [2.45, 2.75) is 25.5 Å². The zero-order chi connectivity index (χ0) is 26.1. The fourth-order valence-corrected chi connectivity index (χ4v) is 6.03. The molecule has 0 saturated carbocycles. The minimum Gasteiger partial charge on any atom is -0.468 e. The molecule has 1 aliphatic rings. The highest BCUT2D eigenvalue weighted by molar-refractivity contribution is 8.15. The SMILES string of the molecule is CCOC(=O)C1=C(CSCSCc2ccccc2)N=C(C)C(C(=O)OC)C1c1cccc([N+](=O)[O-])c1. The monoisotopic (exact) mass is 528 g/mol. The van der Waals surface area contributed by atoms with E-state index >= 15 is 0 Å². The molecule has 36 heavy (non-hydrogen) atoms. The summed E-state index contributed by atoms with van der Waals surface area (Å²) in [6, 6.07) is 16.1. The number of hydrogen-bond donors (Lipinski definition) is 0. The van der Waals surface area contributed by atoms with Crippen LogP contribution in [0.4, 0.5) is 5.69 Å². The molecule has 1 aliphatic heterocycles. The van der Waals surface area contributed by atoms with Crippen molar-refractivity contribution in [3.05, 3.63) is 87.1 Å². The average molecular weight is 529 g/mol. The zero-order valence-corrected chi connectivity index (χ0v) is 22.0. The van der Waals surface area contributed by atoms with Crippen molar-refractivity contribution in [1.29, 1.82) is 0 Å². The lowest BCUT2D eigenvalue weighted by atomic mass is 9.75. The summed E-state index contributed by atoms with van der Waals surface area (Å²) >= 11 is 3.36. The van der Waals surface area contributed by atoms with Crippen molar-refractivity contribution in [1.82, 2.24) is 0 Å². The first-order chi connectivity index (χ1) is 17.4. The fourth-order valence-electron chi connectivity index (χ4n) is 4.05. The Morgan fingerprint density at radius 2 is 1.81 bits per heavy atom. The molecule has 0 bridgehead atoms. The number of hydrogen-bond acceptors (Lipinski definition) is 9. The minimum absolute atomic E-state index is 0.132. The number of nitro benzene ring substituents is 1. The highest BCUT2D eigenvalue weighted by Gasteiger charge is 2.43. The molecule has 0 fully saturated rings. The van der Waals surface area contributed by atoms with Gasteiger partial charge in [-0.1, -0.05) is 42.5 Å². The first-order valence-corrected chi connectivity index (χ1v) is 13.6. The Morgan fingerprint density at radius 3 is 2.47 bits per heavy atom. The molecule has 0 aromatic heterocycles. The normalized spacial score (nSPS) is 17.4. The maximum atomic E-state index is 13.2. The Morgan fingerprint density at radius 1 is 1.08 bits per heavy atom. The second-order valence-electron chi connectivity index (χ2n) is 7.96. The van der Waals surface area contributed by atoms with E-state index in [2.05, 4.69) is 17.1 Å². The van der Waals surface area contributed by atoms with Crippen molar-refractivity contribution in [3.63, 3.8) is 0 Å². The van der Waals surface area contributed by atoms with Crippen molar-refractivity contribution in [2.75, 3.05) is 24.6 Å². The Kier molecular flexibility index (Phi) is 10.1. The first kappa shape index (κ1) is 27.5. The summed E-state index contributed by atoms with van der Waals surface area (Å²) in [5, 5.41) is 12.2. The van der Waals surface area contributed by atoms with E-state index in [0.717, 1.165) is 10.8 Å². The summed E-state index contributed by atoms with van der Waals surface area (Å²) in [5.74, 6) is -1.60. The number of non-ortho nitro benzene ring substituents is 1. The predicted octanol–water partition coefficient (Wildman–Crippen LogP) is 5.38. The third-order valence-corrected chi connectivity index (χ3v) is 7.97. The predicted molar refractivity (Wildman–Crippen MR) is 143 cm³/mol. The van der Waals surface area contributed by atoms with Crippen LogP contribution in [0.1, 0.15) is 30.9 Å². The van der Waals surface area contributed by atoms with Crippen LogP contribution in [0.25, 0.3) is 0 Å². The number of thioether (sulfide) groups is 2. The van der Waals surface area contributed by atoms with Gasteiger partial charge in [-0.15, -0.1) is 23.5 Å².